The molecule has 0 aliphatic heterocycles. The number of hydrogen-bond acceptors (Lipinski definition) is 5. The van der Waals surface area contributed by atoms with Gasteiger partial charge in [0.2, 0.25) is 5.91 Å². The van der Waals surface area contributed by atoms with E-state index in [-0.39, 0.29) is 17.5 Å². The van der Waals surface area contributed by atoms with Gasteiger partial charge in [-0.25, -0.2) is 9.37 Å². The van der Waals surface area contributed by atoms with Crippen LogP contribution >= 0.6 is 11.8 Å². The van der Waals surface area contributed by atoms with Crippen molar-refractivity contribution in [1.29, 1.82) is 0 Å². The lowest BCUT2D eigenvalue weighted by Gasteiger charge is -2.10. The van der Waals surface area contributed by atoms with Gasteiger partial charge in [0.25, 0.3) is 5.22 Å². The average molecular weight is 372 g/mol. The number of anilines is 1. The number of nitrogens with zero attached hydrogens (tertiary/aromatic N) is 1. The molecule has 0 unspecified atom stereocenters. The van der Waals surface area contributed by atoms with Crippen LogP contribution in [-0.2, 0) is 4.79 Å². The number of halogens is 1. The van der Waals surface area contributed by atoms with Gasteiger partial charge < -0.3 is 14.5 Å². The highest BCUT2D eigenvalue weighted by Gasteiger charge is 2.11. The Morgan fingerprint density at radius 1 is 1.23 bits per heavy atom. The fraction of sp³-hybridized carbons (Fsp3) is 0.158. The molecule has 3 aromatic rings. The van der Waals surface area contributed by atoms with Crippen molar-refractivity contribution in [2.45, 2.75) is 12.1 Å². The zero-order valence-corrected chi connectivity index (χ0v) is 14.9. The topological polar surface area (TPSA) is 64.4 Å². The van der Waals surface area contributed by atoms with Gasteiger partial charge in [-0.05, 0) is 43.3 Å². The van der Waals surface area contributed by atoms with E-state index in [0.29, 0.717) is 29.0 Å². The highest BCUT2D eigenvalue weighted by atomic mass is 32.2. The Morgan fingerprint density at radius 3 is 2.77 bits per heavy atom. The number of amides is 1. The third kappa shape index (κ3) is 4.64. The molecule has 1 N–H and O–H groups in total. The molecule has 7 heteroatoms. The molecule has 0 aliphatic rings. The molecule has 134 valence electrons. The summed E-state index contributed by atoms with van der Waals surface area (Å²) < 4.78 is 24.0. The monoisotopic (exact) mass is 372 g/mol. The molecule has 0 aliphatic carbocycles. The number of carbonyl (C=O) groups excluding carboxylic acids is 1. The lowest BCUT2D eigenvalue weighted by Crippen LogP contribution is -2.14. The van der Waals surface area contributed by atoms with Crippen molar-refractivity contribution in [1.82, 2.24) is 4.98 Å². The van der Waals surface area contributed by atoms with Crippen molar-refractivity contribution in [3.05, 3.63) is 60.5 Å². The van der Waals surface area contributed by atoms with E-state index in [4.69, 9.17) is 9.15 Å². The van der Waals surface area contributed by atoms with E-state index in [0.717, 1.165) is 5.56 Å². The summed E-state index contributed by atoms with van der Waals surface area (Å²) in [6.45, 7) is 2.40. The Labute approximate surface area is 154 Å². The second-order valence-electron chi connectivity index (χ2n) is 5.26. The second kappa shape index (κ2) is 8.53. The first-order chi connectivity index (χ1) is 12.7. The minimum absolute atomic E-state index is 0.143. The number of benzene rings is 2. The van der Waals surface area contributed by atoms with E-state index < -0.39 is 0 Å². The first-order valence-electron chi connectivity index (χ1n) is 8.02. The summed E-state index contributed by atoms with van der Waals surface area (Å²) in [6.07, 6.45) is 1.55. The average Bonchev–Trinajstić information content (AvgIpc) is 3.11. The molecule has 26 heavy (non-hydrogen) atoms. The molecule has 1 amide bonds. The molecular formula is C19H17FN2O3S. The minimum Gasteiger partial charge on any atom is -0.492 e. The highest BCUT2D eigenvalue weighted by Crippen LogP contribution is 2.27. The highest BCUT2D eigenvalue weighted by molar-refractivity contribution is 7.99. The lowest BCUT2D eigenvalue weighted by molar-refractivity contribution is -0.113. The van der Waals surface area contributed by atoms with Gasteiger partial charge in [0.1, 0.15) is 11.6 Å². The van der Waals surface area contributed by atoms with E-state index in [9.17, 15) is 9.18 Å². The van der Waals surface area contributed by atoms with E-state index in [2.05, 4.69) is 10.3 Å². The summed E-state index contributed by atoms with van der Waals surface area (Å²) in [5.41, 5.74) is 1.35. The van der Waals surface area contributed by atoms with Gasteiger partial charge in [-0.15, -0.1) is 0 Å². The number of aromatic nitrogens is 1. The SMILES string of the molecule is CCOc1ccccc1NC(=O)CSc1ncc(-c2ccc(F)cc2)o1. The summed E-state index contributed by atoms with van der Waals surface area (Å²) in [6, 6.07) is 13.2. The van der Waals surface area contributed by atoms with Crippen LogP contribution in [0.4, 0.5) is 10.1 Å². The van der Waals surface area contributed by atoms with Crippen LogP contribution in [0, 0.1) is 5.82 Å². The second-order valence-corrected chi connectivity index (χ2v) is 6.19. The number of carbonyl (C=O) groups is 1. The maximum absolute atomic E-state index is 13.0. The minimum atomic E-state index is -0.313. The first kappa shape index (κ1) is 18.0. The Kier molecular flexibility index (Phi) is 5.91. The summed E-state index contributed by atoms with van der Waals surface area (Å²) in [7, 11) is 0. The lowest BCUT2D eigenvalue weighted by atomic mass is 10.2. The number of oxazole rings is 1. The molecule has 0 saturated carbocycles. The molecule has 0 radical (unpaired) electrons. The Balaban J connectivity index is 1.58. The molecule has 0 spiro atoms. The molecule has 0 fully saturated rings. The predicted octanol–water partition coefficient (Wildman–Crippen LogP) is 4.61. The molecule has 5 nitrogen and oxygen atoms in total. The maximum Gasteiger partial charge on any atom is 0.256 e. The van der Waals surface area contributed by atoms with E-state index >= 15 is 0 Å². The van der Waals surface area contributed by atoms with Crippen LogP contribution in [-0.4, -0.2) is 23.3 Å². The van der Waals surface area contributed by atoms with E-state index in [1.165, 1.54) is 23.9 Å². The van der Waals surface area contributed by atoms with Crippen molar-refractivity contribution in [3.8, 4) is 17.1 Å². The Morgan fingerprint density at radius 2 is 2.00 bits per heavy atom. The Hall–Kier alpha value is -2.80. The maximum atomic E-state index is 13.0. The third-order valence-electron chi connectivity index (χ3n) is 3.40. The van der Waals surface area contributed by atoms with Gasteiger partial charge in [-0.3, -0.25) is 4.79 Å². The number of rotatable bonds is 7. The zero-order chi connectivity index (χ0) is 18.4. The van der Waals surface area contributed by atoms with Crippen molar-refractivity contribution in [3.63, 3.8) is 0 Å². The van der Waals surface area contributed by atoms with Gasteiger partial charge in [-0.1, -0.05) is 23.9 Å². The summed E-state index contributed by atoms with van der Waals surface area (Å²) in [4.78, 5) is 16.3. The molecule has 1 aromatic heterocycles. The number of hydrogen-bond donors (Lipinski definition) is 1. The standard InChI is InChI=1S/C19H17FN2O3S/c1-2-24-16-6-4-3-5-15(16)22-18(23)12-26-19-21-11-17(25-19)13-7-9-14(20)10-8-13/h3-11H,2,12H2,1H3,(H,22,23). The number of ether oxygens (including phenoxy) is 1. The van der Waals surface area contributed by atoms with Crippen LogP contribution in [0.25, 0.3) is 11.3 Å². The van der Waals surface area contributed by atoms with Crippen LogP contribution < -0.4 is 10.1 Å². The normalized spacial score (nSPS) is 10.5. The first-order valence-corrected chi connectivity index (χ1v) is 9.00. The van der Waals surface area contributed by atoms with Gasteiger partial charge in [-0.2, -0.15) is 0 Å². The molecule has 2 aromatic carbocycles. The molecule has 1 heterocycles. The molecule has 3 rings (SSSR count). The van der Waals surface area contributed by atoms with Crippen LogP contribution in [0.1, 0.15) is 6.92 Å². The smallest absolute Gasteiger partial charge is 0.256 e. The van der Waals surface area contributed by atoms with E-state index in [1.807, 2.05) is 19.1 Å². The zero-order valence-electron chi connectivity index (χ0n) is 14.1. The summed E-state index contributed by atoms with van der Waals surface area (Å²) in [5, 5.41) is 3.19. The summed E-state index contributed by atoms with van der Waals surface area (Å²) in [5.74, 6) is 0.789. The van der Waals surface area contributed by atoms with Crippen molar-refractivity contribution in [2.75, 3.05) is 17.7 Å². The number of nitrogens with one attached hydrogen (secondary N) is 1. The van der Waals surface area contributed by atoms with Gasteiger partial charge in [0.15, 0.2) is 5.76 Å². The molecule has 0 atom stereocenters. The van der Waals surface area contributed by atoms with Crippen molar-refractivity contribution >= 4 is 23.4 Å². The largest absolute Gasteiger partial charge is 0.492 e. The van der Waals surface area contributed by atoms with Crippen molar-refractivity contribution in [2.24, 2.45) is 0 Å². The van der Waals surface area contributed by atoms with Gasteiger partial charge >= 0.3 is 0 Å². The molecule has 0 bridgehead atoms. The summed E-state index contributed by atoms with van der Waals surface area (Å²) >= 11 is 1.18. The predicted molar refractivity (Wildman–Crippen MR) is 98.9 cm³/mol. The number of thioether (sulfide) groups is 1. The van der Waals surface area contributed by atoms with Crippen LogP contribution in [0.15, 0.2) is 64.4 Å². The quantitative estimate of drug-likeness (QED) is 0.614. The van der Waals surface area contributed by atoms with Crippen LogP contribution in [0.2, 0.25) is 0 Å². The van der Waals surface area contributed by atoms with Crippen LogP contribution in [0.3, 0.4) is 0 Å². The Bertz CT molecular complexity index is 881. The van der Waals surface area contributed by atoms with Gasteiger partial charge in [0, 0.05) is 5.56 Å². The number of para-hydroxylation sites is 2. The fourth-order valence-electron chi connectivity index (χ4n) is 2.24. The van der Waals surface area contributed by atoms with Crippen LogP contribution in [0.5, 0.6) is 5.75 Å². The van der Waals surface area contributed by atoms with Crippen molar-refractivity contribution < 1.29 is 18.3 Å². The van der Waals surface area contributed by atoms with Gasteiger partial charge in [0.05, 0.1) is 24.2 Å². The third-order valence-corrected chi connectivity index (χ3v) is 4.24. The fourth-order valence-corrected chi connectivity index (χ4v) is 2.84. The molecular weight excluding hydrogens is 355 g/mol. The van der Waals surface area contributed by atoms with E-state index in [1.54, 1.807) is 30.5 Å². The molecule has 0 saturated heterocycles.